The van der Waals surface area contributed by atoms with Crippen LogP contribution < -0.4 is 14.5 Å². The van der Waals surface area contributed by atoms with Crippen LogP contribution in [0.5, 0.6) is 5.75 Å². The average Bonchev–Trinajstić information content (AvgIpc) is 3.67. The topological polar surface area (TPSA) is 84.0 Å². The summed E-state index contributed by atoms with van der Waals surface area (Å²) < 4.78 is 5.70. The molecular weight excluding hydrogens is 468 g/mol. The minimum atomic E-state index is -0.587. The lowest BCUT2D eigenvalue weighted by molar-refractivity contribution is -0.139. The van der Waals surface area contributed by atoms with E-state index in [0.717, 1.165) is 48.9 Å². The summed E-state index contributed by atoms with van der Waals surface area (Å²) in [7, 11) is 0. The Hall–Kier alpha value is -3.48. The van der Waals surface area contributed by atoms with E-state index in [2.05, 4.69) is 13.8 Å². The van der Waals surface area contributed by atoms with E-state index in [9.17, 15) is 19.2 Å². The van der Waals surface area contributed by atoms with E-state index in [0.29, 0.717) is 17.5 Å². The van der Waals surface area contributed by atoms with Crippen LogP contribution in [0.2, 0.25) is 0 Å². The van der Waals surface area contributed by atoms with Crippen LogP contribution in [-0.4, -0.2) is 30.2 Å². The Kier molecular flexibility index (Phi) is 5.89. The van der Waals surface area contributed by atoms with E-state index in [1.807, 2.05) is 18.2 Å². The first kappa shape index (κ1) is 23.9. The number of amides is 3. The van der Waals surface area contributed by atoms with Gasteiger partial charge in [-0.3, -0.25) is 19.2 Å². The highest BCUT2D eigenvalue weighted by atomic mass is 16.5. The molecule has 0 N–H and O–H groups in total. The van der Waals surface area contributed by atoms with Gasteiger partial charge < -0.3 is 9.64 Å². The standard InChI is InChI=1S/C30H32N2O5/c1-3-17-7-5-8-18(4-2)27(17)31-16-21(14-24(31)33)30(36)37-23-10-6-9-22(15-23)32-28(34)25-19-11-12-20(13-19)26(25)29(32)35/h5-10,15,19-21,25-26H,3-4,11-14,16H2,1-2H3/t19-,20-,21+,25-,26+/m0/s1. The summed E-state index contributed by atoms with van der Waals surface area (Å²) in [4.78, 5) is 55.5. The Morgan fingerprint density at radius 1 is 0.919 bits per heavy atom. The fourth-order valence-corrected chi connectivity index (χ4v) is 7.19. The van der Waals surface area contributed by atoms with Crippen molar-refractivity contribution >= 4 is 35.1 Å². The summed E-state index contributed by atoms with van der Waals surface area (Å²) >= 11 is 0. The molecule has 0 spiro atoms. The number of hydrogen-bond acceptors (Lipinski definition) is 5. The summed E-state index contributed by atoms with van der Waals surface area (Å²) in [6, 6.07) is 12.7. The minimum absolute atomic E-state index is 0.0827. The molecule has 0 radical (unpaired) electrons. The first-order valence-electron chi connectivity index (χ1n) is 13.5. The smallest absolute Gasteiger partial charge is 0.316 e. The fraction of sp³-hybridized carbons (Fsp3) is 0.467. The second kappa shape index (κ2) is 9.12. The second-order valence-corrected chi connectivity index (χ2v) is 10.9. The molecule has 3 amide bonds. The van der Waals surface area contributed by atoms with Crippen molar-refractivity contribution in [1.82, 2.24) is 0 Å². The lowest BCUT2D eigenvalue weighted by atomic mass is 9.81. The molecule has 2 saturated heterocycles. The van der Waals surface area contributed by atoms with E-state index in [1.54, 1.807) is 29.2 Å². The molecule has 2 aliphatic heterocycles. The number of rotatable bonds is 6. The molecule has 2 aromatic rings. The molecule has 4 aliphatic rings. The molecule has 37 heavy (non-hydrogen) atoms. The molecule has 4 fully saturated rings. The Labute approximate surface area is 216 Å². The normalized spacial score (nSPS) is 28.4. The molecule has 0 unspecified atom stereocenters. The lowest BCUT2D eigenvalue weighted by Crippen LogP contribution is -2.32. The van der Waals surface area contributed by atoms with Crippen molar-refractivity contribution in [1.29, 1.82) is 0 Å². The average molecular weight is 501 g/mol. The number of fused-ring (bicyclic) bond motifs is 5. The van der Waals surface area contributed by atoms with Gasteiger partial charge in [0.15, 0.2) is 0 Å². The molecular formula is C30H32N2O5. The SMILES string of the molecule is CCc1cccc(CC)c1N1C[C@H](C(=O)Oc2cccc(N3C(=O)[C@@H]4[C@H]5CC[C@@H](C5)[C@@H]4C3=O)c2)CC1=O. The second-order valence-electron chi connectivity index (χ2n) is 10.9. The predicted octanol–water partition coefficient (Wildman–Crippen LogP) is 4.31. The fourth-order valence-electron chi connectivity index (χ4n) is 7.19. The third-order valence-corrected chi connectivity index (χ3v) is 8.91. The minimum Gasteiger partial charge on any atom is -0.426 e. The Morgan fingerprint density at radius 3 is 2.16 bits per heavy atom. The third kappa shape index (κ3) is 3.78. The van der Waals surface area contributed by atoms with Gasteiger partial charge in [-0.25, -0.2) is 4.90 Å². The molecule has 2 bridgehead atoms. The van der Waals surface area contributed by atoms with Gasteiger partial charge in [-0.2, -0.15) is 0 Å². The highest BCUT2D eigenvalue weighted by molar-refractivity contribution is 6.22. The van der Waals surface area contributed by atoms with Gasteiger partial charge in [0.05, 0.1) is 23.4 Å². The zero-order valence-corrected chi connectivity index (χ0v) is 21.3. The highest BCUT2D eigenvalue weighted by Crippen LogP contribution is 2.56. The number of benzene rings is 2. The maximum atomic E-state index is 13.2. The van der Waals surface area contributed by atoms with Crippen molar-refractivity contribution in [3.63, 3.8) is 0 Å². The van der Waals surface area contributed by atoms with Gasteiger partial charge >= 0.3 is 5.97 Å². The number of carbonyl (C=O) groups is 4. The Bertz CT molecular complexity index is 1250. The van der Waals surface area contributed by atoms with Crippen LogP contribution in [-0.2, 0) is 32.0 Å². The predicted molar refractivity (Wildman–Crippen MR) is 138 cm³/mol. The summed E-state index contributed by atoms with van der Waals surface area (Å²) in [5.41, 5.74) is 3.54. The van der Waals surface area contributed by atoms with Crippen LogP contribution in [0.1, 0.15) is 50.7 Å². The Morgan fingerprint density at radius 2 is 1.54 bits per heavy atom. The zero-order chi connectivity index (χ0) is 25.8. The number of ether oxygens (including phenoxy) is 1. The Balaban J connectivity index is 1.18. The van der Waals surface area contributed by atoms with Gasteiger partial charge in [0.2, 0.25) is 17.7 Å². The number of nitrogens with zero attached hydrogens (tertiary/aromatic N) is 2. The van der Waals surface area contributed by atoms with Crippen molar-refractivity contribution < 1.29 is 23.9 Å². The monoisotopic (exact) mass is 500 g/mol. The number of esters is 1. The highest BCUT2D eigenvalue weighted by Gasteiger charge is 2.61. The van der Waals surface area contributed by atoms with Crippen molar-refractivity contribution in [2.75, 3.05) is 16.3 Å². The van der Waals surface area contributed by atoms with E-state index >= 15 is 0 Å². The van der Waals surface area contributed by atoms with Crippen molar-refractivity contribution in [2.24, 2.45) is 29.6 Å². The lowest BCUT2D eigenvalue weighted by Gasteiger charge is -2.23. The van der Waals surface area contributed by atoms with Crippen LogP contribution in [0.15, 0.2) is 42.5 Å². The summed E-state index contributed by atoms with van der Waals surface area (Å²) in [5, 5.41) is 0. The molecule has 2 saturated carbocycles. The zero-order valence-electron chi connectivity index (χ0n) is 21.3. The van der Waals surface area contributed by atoms with Crippen LogP contribution in [0.4, 0.5) is 11.4 Å². The van der Waals surface area contributed by atoms with Crippen molar-refractivity contribution in [3.05, 3.63) is 53.6 Å². The van der Waals surface area contributed by atoms with Gasteiger partial charge in [0.1, 0.15) is 5.75 Å². The first-order chi connectivity index (χ1) is 17.9. The number of carbonyl (C=O) groups excluding carboxylic acids is 4. The van der Waals surface area contributed by atoms with E-state index in [1.165, 1.54) is 4.90 Å². The van der Waals surface area contributed by atoms with Crippen LogP contribution >= 0.6 is 0 Å². The molecule has 2 heterocycles. The molecule has 192 valence electrons. The quantitative estimate of drug-likeness (QED) is 0.335. The van der Waals surface area contributed by atoms with Crippen molar-refractivity contribution in [3.8, 4) is 5.75 Å². The van der Waals surface area contributed by atoms with E-state index in [4.69, 9.17) is 4.74 Å². The van der Waals surface area contributed by atoms with Crippen LogP contribution in [0.25, 0.3) is 0 Å². The van der Waals surface area contributed by atoms with Gasteiger partial charge in [-0.15, -0.1) is 0 Å². The molecule has 2 aromatic carbocycles. The van der Waals surface area contributed by atoms with Gasteiger partial charge in [0.25, 0.3) is 0 Å². The summed E-state index contributed by atoms with van der Waals surface area (Å²) in [6.45, 7) is 4.40. The maximum Gasteiger partial charge on any atom is 0.316 e. The number of aryl methyl sites for hydroxylation is 2. The number of para-hydroxylation sites is 1. The van der Waals surface area contributed by atoms with Crippen LogP contribution in [0, 0.1) is 29.6 Å². The van der Waals surface area contributed by atoms with E-state index in [-0.39, 0.29) is 48.3 Å². The molecule has 0 aromatic heterocycles. The largest absolute Gasteiger partial charge is 0.426 e. The number of hydrogen-bond donors (Lipinski definition) is 0. The van der Waals surface area contributed by atoms with Gasteiger partial charge in [-0.1, -0.05) is 38.1 Å². The number of anilines is 2. The molecule has 2 aliphatic carbocycles. The third-order valence-electron chi connectivity index (χ3n) is 8.91. The molecule has 7 nitrogen and oxygen atoms in total. The molecule has 5 atom stereocenters. The van der Waals surface area contributed by atoms with Crippen molar-refractivity contribution in [2.45, 2.75) is 52.4 Å². The number of imide groups is 1. The first-order valence-corrected chi connectivity index (χ1v) is 13.5. The molecule has 7 heteroatoms. The van der Waals surface area contributed by atoms with Crippen LogP contribution in [0.3, 0.4) is 0 Å². The maximum absolute atomic E-state index is 13.2. The summed E-state index contributed by atoms with van der Waals surface area (Å²) in [5.74, 6) is -0.896. The van der Waals surface area contributed by atoms with Gasteiger partial charge in [-0.05, 0) is 67.2 Å². The van der Waals surface area contributed by atoms with Gasteiger partial charge in [0, 0.05) is 24.7 Å². The van der Waals surface area contributed by atoms with E-state index < -0.39 is 11.9 Å². The molecule has 6 rings (SSSR count). The summed E-state index contributed by atoms with van der Waals surface area (Å²) in [6.07, 6.45) is 4.72.